The number of aromatic carboxylic acids is 1. The third kappa shape index (κ3) is 2.06. The van der Waals surface area contributed by atoms with Crippen molar-refractivity contribution in [3.63, 3.8) is 0 Å². The van der Waals surface area contributed by atoms with Gasteiger partial charge in [0.15, 0.2) is 0 Å². The van der Waals surface area contributed by atoms with Crippen LogP contribution in [-0.4, -0.2) is 11.1 Å². The minimum absolute atomic E-state index is 0.0998. The first-order valence-electron chi connectivity index (χ1n) is 3.62. The Bertz CT molecular complexity index is 426. The summed E-state index contributed by atoms with van der Waals surface area (Å²) in [5.74, 6) is -1.06. The Labute approximate surface area is 94.0 Å². The Hall–Kier alpha value is -1.05. The molecule has 5 heteroatoms. The van der Waals surface area contributed by atoms with Crippen LogP contribution in [0.3, 0.4) is 0 Å². The minimum atomic E-state index is -1.06. The van der Waals surface area contributed by atoms with Gasteiger partial charge in [-0.2, -0.15) is 5.26 Å². The van der Waals surface area contributed by atoms with Crippen molar-refractivity contribution in [3.8, 4) is 6.07 Å². The summed E-state index contributed by atoms with van der Waals surface area (Å²) in [4.78, 5) is 10.8. The van der Waals surface area contributed by atoms with E-state index in [9.17, 15) is 4.79 Å². The van der Waals surface area contributed by atoms with E-state index in [-0.39, 0.29) is 16.1 Å². The molecule has 0 atom stereocenters. The van der Waals surface area contributed by atoms with Crippen molar-refractivity contribution < 1.29 is 9.90 Å². The second-order valence-corrected chi connectivity index (χ2v) is 3.51. The maximum absolute atomic E-state index is 10.8. The molecule has 0 saturated carbocycles. The van der Waals surface area contributed by atoms with Gasteiger partial charge in [0.05, 0.1) is 16.1 Å². The molecule has 0 spiro atoms. The van der Waals surface area contributed by atoms with E-state index in [0.717, 1.165) is 0 Å². The maximum Gasteiger partial charge on any atom is 0.336 e. The first-order chi connectivity index (χ1) is 6.60. The summed E-state index contributed by atoms with van der Waals surface area (Å²) < 4.78 is 0. The van der Waals surface area contributed by atoms with Crippen molar-refractivity contribution in [3.05, 3.63) is 33.8 Å². The first kappa shape index (κ1) is 11.0. The number of nitrogens with zero attached hydrogens (tertiary/aromatic N) is 1. The molecule has 0 radical (unpaired) electrons. The van der Waals surface area contributed by atoms with Crippen LogP contribution >= 0.6 is 27.5 Å². The van der Waals surface area contributed by atoms with Crippen LogP contribution in [0.2, 0.25) is 5.02 Å². The average molecular weight is 275 g/mol. The monoisotopic (exact) mass is 273 g/mol. The number of nitriles is 1. The Kier molecular flexibility index (Phi) is 3.50. The molecule has 0 aliphatic heterocycles. The number of rotatable bonds is 2. The van der Waals surface area contributed by atoms with E-state index in [1.165, 1.54) is 12.1 Å². The number of benzene rings is 1. The fourth-order valence-electron chi connectivity index (χ4n) is 1.01. The van der Waals surface area contributed by atoms with Crippen LogP contribution in [-0.2, 0) is 5.33 Å². The third-order valence-electron chi connectivity index (χ3n) is 1.69. The molecule has 0 heterocycles. The van der Waals surface area contributed by atoms with Crippen molar-refractivity contribution in [2.75, 3.05) is 0 Å². The van der Waals surface area contributed by atoms with Gasteiger partial charge in [0.1, 0.15) is 6.07 Å². The van der Waals surface area contributed by atoms with Gasteiger partial charge in [-0.25, -0.2) is 4.79 Å². The van der Waals surface area contributed by atoms with E-state index < -0.39 is 5.97 Å². The lowest BCUT2D eigenvalue weighted by Gasteiger charge is -2.04. The highest BCUT2D eigenvalue weighted by molar-refractivity contribution is 9.08. The van der Waals surface area contributed by atoms with Gasteiger partial charge in [0.2, 0.25) is 0 Å². The van der Waals surface area contributed by atoms with Gasteiger partial charge >= 0.3 is 5.97 Å². The van der Waals surface area contributed by atoms with Crippen LogP contribution in [0, 0.1) is 11.3 Å². The fraction of sp³-hybridized carbons (Fsp3) is 0.111. The first-order valence-corrected chi connectivity index (χ1v) is 5.12. The number of hydrogen-bond donors (Lipinski definition) is 1. The molecule has 0 amide bonds. The Morgan fingerprint density at radius 3 is 2.71 bits per heavy atom. The summed E-state index contributed by atoms with van der Waals surface area (Å²) in [7, 11) is 0. The zero-order valence-electron chi connectivity index (χ0n) is 6.92. The highest BCUT2D eigenvalue weighted by Crippen LogP contribution is 2.22. The third-order valence-corrected chi connectivity index (χ3v) is 2.60. The largest absolute Gasteiger partial charge is 0.478 e. The predicted molar refractivity (Wildman–Crippen MR) is 55.8 cm³/mol. The molecular weight excluding hydrogens is 269 g/mol. The molecule has 1 N–H and O–H groups in total. The number of halogens is 2. The number of hydrogen-bond acceptors (Lipinski definition) is 2. The lowest BCUT2D eigenvalue weighted by molar-refractivity contribution is 0.0696. The molecule has 14 heavy (non-hydrogen) atoms. The smallest absolute Gasteiger partial charge is 0.336 e. The van der Waals surface area contributed by atoms with Crippen molar-refractivity contribution in [2.24, 2.45) is 0 Å². The summed E-state index contributed by atoms with van der Waals surface area (Å²) >= 11 is 8.90. The predicted octanol–water partition coefficient (Wildman–Crippen LogP) is 2.80. The Morgan fingerprint density at radius 2 is 2.29 bits per heavy atom. The Morgan fingerprint density at radius 1 is 1.64 bits per heavy atom. The van der Waals surface area contributed by atoms with E-state index >= 15 is 0 Å². The lowest BCUT2D eigenvalue weighted by atomic mass is 10.1. The van der Waals surface area contributed by atoms with Gasteiger partial charge in [-0.3, -0.25) is 0 Å². The summed E-state index contributed by atoms with van der Waals surface area (Å²) in [5, 5.41) is 18.1. The molecule has 0 aliphatic carbocycles. The van der Waals surface area contributed by atoms with Crippen LogP contribution in [0.1, 0.15) is 21.5 Å². The second-order valence-electron chi connectivity index (χ2n) is 2.54. The summed E-state index contributed by atoms with van der Waals surface area (Å²) in [6, 6.07) is 4.59. The lowest BCUT2D eigenvalue weighted by Crippen LogP contribution is -2.02. The van der Waals surface area contributed by atoms with E-state index in [2.05, 4.69) is 15.9 Å². The minimum Gasteiger partial charge on any atom is -0.478 e. The van der Waals surface area contributed by atoms with Crippen LogP contribution in [0.4, 0.5) is 0 Å². The number of carbonyl (C=O) groups is 1. The average Bonchev–Trinajstić information content (AvgIpc) is 2.16. The van der Waals surface area contributed by atoms with Crippen LogP contribution in [0.15, 0.2) is 12.1 Å². The highest BCUT2D eigenvalue weighted by Gasteiger charge is 2.12. The van der Waals surface area contributed by atoms with Crippen LogP contribution in [0.5, 0.6) is 0 Å². The topological polar surface area (TPSA) is 61.1 Å². The fourth-order valence-corrected chi connectivity index (χ4v) is 1.70. The van der Waals surface area contributed by atoms with Crippen molar-refractivity contribution in [1.82, 2.24) is 0 Å². The van der Waals surface area contributed by atoms with Crippen molar-refractivity contribution >= 4 is 33.5 Å². The van der Waals surface area contributed by atoms with E-state index in [4.69, 9.17) is 22.0 Å². The molecule has 1 aromatic rings. The van der Waals surface area contributed by atoms with E-state index in [1.807, 2.05) is 6.07 Å². The molecule has 3 nitrogen and oxygen atoms in total. The molecule has 0 bridgehead atoms. The van der Waals surface area contributed by atoms with Gasteiger partial charge < -0.3 is 5.11 Å². The molecule has 0 unspecified atom stereocenters. The van der Waals surface area contributed by atoms with Gasteiger partial charge in [0.25, 0.3) is 0 Å². The number of carboxylic acids is 1. The number of alkyl halides is 1. The second kappa shape index (κ2) is 4.45. The highest BCUT2D eigenvalue weighted by atomic mass is 79.9. The Balaban J connectivity index is 3.42. The standard InChI is InChI=1S/C9H5BrClNO2/c10-3-5-2-8(11)6(4-12)1-7(5)9(13)14/h1-2H,3H2,(H,13,14). The van der Waals surface area contributed by atoms with Gasteiger partial charge in [0, 0.05) is 5.33 Å². The van der Waals surface area contributed by atoms with Crippen molar-refractivity contribution in [2.45, 2.75) is 5.33 Å². The molecule has 0 aliphatic rings. The zero-order chi connectivity index (χ0) is 10.7. The van der Waals surface area contributed by atoms with Gasteiger partial charge in [-0.1, -0.05) is 27.5 Å². The summed E-state index contributed by atoms with van der Waals surface area (Å²) in [6.07, 6.45) is 0. The molecule has 1 aromatic carbocycles. The molecule has 1 rings (SSSR count). The molecule has 0 aromatic heterocycles. The normalized spacial score (nSPS) is 9.50. The van der Waals surface area contributed by atoms with Crippen LogP contribution < -0.4 is 0 Å². The maximum atomic E-state index is 10.8. The zero-order valence-corrected chi connectivity index (χ0v) is 9.26. The number of carboxylic acid groups (broad SMARTS) is 1. The SMILES string of the molecule is N#Cc1cc(C(=O)O)c(CBr)cc1Cl. The van der Waals surface area contributed by atoms with E-state index in [1.54, 1.807) is 0 Å². The van der Waals surface area contributed by atoms with Crippen LogP contribution in [0.25, 0.3) is 0 Å². The molecule has 0 saturated heterocycles. The summed E-state index contributed by atoms with van der Waals surface area (Å²) in [6.45, 7) is 0. The molecular formula is C9H5BrClNO2. The summed E-state index contributed by atoms with van der Waals surface area (Å²) in [5.41, 5.74) is 0.832. The van der Waals surface area contributed by atoms with Gasteiger partial charge in [-0.05, 0) is 17.7 Å². The molecule has 0 fully saturated rings. The quantitative estimate of drug-likeness (QED) is 0.844. The molecule has 72 valence electrons. The van der Waals surface area contributed by atoms with Gasteiger partial charge in [-0.15, -0.1) is 0 Å². The van der Waals surface area contributed by atoms with Crippen molar-refractivity contribution in [1.29, 1.82) is 5.26 Å². The van der Waals surface area contributed by atoms with E-state index in [0.29, 0.717) is 10.9 Å².